The van der Waals surface area contributed by atoms with E-state index >= 15 is 0 Å². The third-order valence-corrected chi connectivity index (χ3v) is 3.34. The van der Waals surface area contributed by atoms with Crippen LogP contribution in [-0.2, 0) is 0 Å². The number of aliphatic hydroxyl groups is 1. The lowest BCUT2D eigenvalue weighted by molar-refractivity contribution is 0.140. The number of hydrogen-bond donors (Lipinski definition) is 2. The Bertz CT molecular complexity index is 166. The average molecular weight is 257 g/mol. The predicted octanol–water partition coefficient (Wildman–Crippen LogP) is 1.04. The van der Waals surface area contributed by atoms with E-state index in [0.29, 0.717) is 12.6 Å². The molecule has 0 aromatic carbocycles. The quantitative estimate of drug-likeness (QED) is 0.776. The highest BCUT2D eigenvalue weighted by molar-refractivity contribution is 5.85. The highest BCUT2D eigenvalue weighted by atomic mass is 35.5. The van der Waals surface area contributed by atoms with Crippen LogP contribution in [0, 0.1) is 0 Å². The Kier molecular flexibility index (Phi) is 7.92. The molecule has 0 radical (unpaired) electrons. The minimum absolute atomic E-state index is 0. The number of piperidine rings is 1. The zero-order valence-corrected chi connectivity index (χ0v) is 10.7. The summed E-state index contributed by atoms with van der Waals surface area (Å²) in [5, 5.41) is 12.4. The maximum absolute atomic E-state index is 9.07. The molecule has 0 amide bonds. The lowest BCUT2D eigenvalue weighted by atomic mass is 9.99. The van der Waals surface area contributed by atoms with Gasteiger partial charge in [0.05, 0.1) is 6.61 Å². The molecule has 0 aromatic rings. The Morgan fingerprint density at radius 1 is 1.20 bits per heavy atom. The number of likely N-dealkylation sites (tertiary alicyclic amines) is 1. The molecule has 2 aliphatic heterocycles. The van der Waals surface area contributed by atoms with E-state index in [1.165, 1.54) is 32.4 Å². The van der Waals surface area contributed by atoms with Crippen LogP contribution in [0.2, 0.25) is 0 Å². The number of nitrogens with one attached hydrogen (secondary N) is 1. The SMILES string of the molecule is Cl.Cl.OCC1CC(N2CCCC2)CCN1. The summed E-state index contributed by atoms with van der Waals surface area (Å²) in [7, 11) is 0. The summed E-state index contributed by atoms with van der Waals surface area (Å²) >= 11 is 0. The second-order valence-electron chi connectivity index (χ2n) is 4.25. The second kappa shape index (κ2) is 7.69. The van der Waals surface area contributed by atoms with E-state index in [0.717, 1.165) is 19.0 Å². The zero-order chi connectivity index (χ0) is 9.10. The van der Waals surface area contributed by atoms with Crippen molar-refractivity contribution in [3.63, 3.8) is 0 Å². The molecule has 2 unspecified atom stereocenters. The van der Waals surface area contributed by atoms with Crippen molar-refractivity contribution in [1.29, 1.82) is 0 Å². The summed E-state index contributed by atoms with van der Waals surface area (Å²) in [6.07, 6.45) is 5.13. The van der Waals surface area contributed by atoms with Crippen molar-refractivity contribution < 1.29 is 5.11 Å². The first-order valence-electron chi connectivity index (χ1n) is 5.48. The number of rotatable bonds is 2. The molecule has 92 valence electrons. The summed E-state index contributed by atoms with van der Waals surface area (Å²) < 4.78 is 0. The summed E-state index contributed by atoms with van der Waals surface area (Å²) in [5.74, 6) is 0. The maximum atomic E-state index is 9.07. The van der Waals surface area contributed by atoms with Gasteiger partial charge in [0.25, 0.3) is 0 Å². The lowest BCUT2D eigenvalue weighted by Gasteiger charge is -2.35. The van der Waals surface area contributed by atoms with E-state index in [4.69, 9.17) is 5.11 Å². The van der Waals surface area contributed by atoms with Gasteiger partial charge in [-0.2, -0.15) is 0 Å². The van der Waals surface area contributed by atoms with E-state index in [2.05, 4.69) is 10.2 Å². The van der Waals surface area contributed by atoms with E-state index in [1.54, 1.807) is 0 Å². The van der Waals surface area contributed by atoms with E-state index in [1.807, 2.05) is 0 Å². The average Bonchev–Trinajstić information content (AvgIpc) is 2.71. The Labute approximate surface area is 104 Å². The largest absolute Gasteiger partial charge is 0.395 e. The second-order valence-corrected chi connectivity index (χ2v) is 4.25. The normalized spacial score (nSPS) is 31.8. The summed E-state index contributed by atoms with van der Waals surface area (Å²) in [5.41, 5.74) is 0. The molecule has 0 aliphatic carbocycles. The van der Waals surface area contributed by atoms with Crippen molar-refractivity contribution in [2.45, 2.75) is 37.8 Å². The van der Waals surface area contributed by atoms with E-state index in [9.17, 15) is 0 Å². The van der Waals surface area contributed by atoms with Gasteiger partial charge in [-0.25, -0.2) is 0 Å². The van der Waals surface area contributed by atoms with Crippen molar-refractivity contribution in [1.82, 2.24) is 10.2 Å². The number of halogens is 2. The molecule has 0 bridgehead atoms. The van der Waals surface area contributed by atoms with Crippen LogP contribution < -0.4 is 5.32 Å². The van der Waals surface area contributed by atoms with Crippen LogP contribution in [0.5, 0.6) is 0 Å². The van der Waals surface area contributed by atoms with Crippen molar-refractivity contribution in [3.05, 3.63) is 0 Å². The Balaban J connectivity index is 0.000000980. The van der Waals surface area contributed by atoms with Crippen LogP contribution in [0.4, 0.5) is 0 Å². The molecule has 0 spiro atoms. The van der Waals surface area contributed by atoms with E-state index in [-0.39, 0.29) is 24.8 Å². The van der Waals surface area contributed by atoms with Gasteiger partial charge in [-0.05, 0) is 45.3 Å². The van der Waals surface area contributed by atoms with Gasteiger partial charge in [0.2, 0.25) is 0 Å². The Morgan fingerprint density at radius 3 is 2.47 bits per heavy atom. The molecule has 2 heterocycles. The van der Waals surface area contributed by atoms with E-state index < -0.39 is 0 Å². The highest BCUT2D eigenvalue weighted by Crippen LogP contribution is 2.20. The summed E-state index contributed by atoms with van der Waals surface area (Å²) in [6.45, 7) is 3.93. The molecule has 2 aliphatic rings. The fourth-order valence-corrected chi connectivity index (χ4v) is 2.56. The minimum atomic E-state index is 0. The monoisotopic (exact) mass is 256 g/mol. The third kappa shape index (κ3) is 4.08. The van der Waals surface area contributed by atoms with Crippen LogP contribution in [0.25, 0.3) is 0 Å². The first-order chi connectivity index (χ1) is 6.40. The molecule has 3 nitrogen and oxygen atoms in total. The molecule has 0 saturated carbocycles. The van der Waals surface area contributed by atoms with Crippen LogP contribution in [-0.4, -0.2) is 48.3 Å². The summed E-state index contributed by atoms with van der Waals surface area (Å²) in [6, 6.07) is 1.08. The van der Waals surface area contributed by atoms with Crippen LogP contribution in [0.15, 0.2) is 0 Å². The molecule has 5 heteroatoms. The van der Waals surface area contributed by atoms with Crippen LogP contribution in [0.3, 0.4) is 0 Å². The molecular formula is C10H22Cl2N2O. The fraction of sp³-hybridized carbons (Fsp3) is 1.00. The van der Waals surface area contributed by atoms with Gasteiger partial charge < -0.3 is 15.3 Å². The summed E-state index contributed by atoms with van der Waals surface area (Å²) in [4.78, 5) is 2.60. The van der Waals surface area contributed by atoms with Gasteiger partial charge >= 0.3 is 0 Å². The lowest BCUT2D eigenvalue weighted by Crippen LogP contribution is -2.48. The molecule has 2 fully saturated rings. The van der Waals surface area contributed by atoms with Gasteiger partial charge in [-0.15, -0.1) is 24.8 Å². The molecular weight excluding hydrogens is 235 g/mol. The van der Waals surface area contributed by atoms with Gasteiger partial charge in [0.15, 0.2) is 0 Å². The third-order valence-electron chi connectivity index (χ3n) is 3.34. The maximum Gasteiger partial charge on any atom is 0.0585 e. The first kappa shape index (κ1) is 15.5. The molecule has 2 rings (SSSR count). The minimum Gasteiger partial charge on any atom is -0.395 e. The van der Waals surface area contributed by atoms with Gasteiger partial charge in [0, 0.05) is 12.1 Å². The van der Waals surface area contributed by atoms with Crippen molar-refractivity contribution in [2.75, 3.05) is 26.2 Å². The van der Waals surface area contributed by atoms with Gasteiger partial charge in [-0.1, -0.05) is 0 Å². The Morgan fingerprint density at radius 2 is 1.87 bits per heavy atom. The molecule has 15 heavy (non-hydrogen) atoms. The fourth-order valence-electron chi connectivity index (χ4n) is 2.56. The topological polar surface area (TPSA) is 35.5 Å². The van der Waals surface area contributed by atoms with Crippen molar-refractivity contribution in [3.8, 4) is 0 Å². The smallest absolute Gasteiger partial charge is 0.0585 e. The number of nitrogens with zero attached hydrogens (tertiary/aromatic N) is 1. The Hall–Kier alpha value is 0.460. The predicted molar refractivity (Wildman–Crippen MR) is 67.2 cm³/mol. The number of hydrogen-bond acceptors (Lipinski definition) is 3. The number of aliphatic hydroxyl groups excluding tert-OH is 1. The van der Waals surface area contributed by atoms with Crippen LogP contribution >= 0.6 is 24.8 Å². The molecule has 2 saturated heterocycles. The molecule has 2 atom stereocenters. The van der Waals surface area contributed by atoms with Gasteiger partial charge in [-0.3, -0.25) is 0 Å². The zero-order valence-electron chi connectivity index (χ0n) is 9.02. The first-order valence-corrected chi connectivity index (χ1v) is 5.48. The van der Waals surface area contributed by atoms with Gasteiger partial charge in [0.1, 0.15) is 0 Å². The highest BCUT2D eigenvalue weighted by Gasteiger charge is 2.27. The standard InChI is InChI=1S/C10H20N2O.2ClH/c13-8-9-7-10(3-4-11-9)12-5-1-2-6-12;;/h9-11,13H,1-8H2;2*1H. The van der Waals surface area contributed by atoms with Crippen molar-refractivity contribution >= 4 is 24.8 Å². The van der Waals surface area contributed by atoms with Crippen LogP contribution in [0.1, 0.15) is 25.7 Å². The molecule has 2 N–H and O–H groups in total. The van der Waals surface area contributed by atoms with Crippen molar-refractivity contribution in [2.24, 2.45) is 0 Å². The molecule has 0 aromatic heterocycles.